The maximum absolute atomic E-state index is 12.8. The van der Waals surface area contributed by atoms with Crippen molar-refractivity contribution in [1.29, 1.82) is 0 Å². The maximum atomic E-state index is 12.8. The van der Waals surface area contributed by atoms with E-state index in [1.807, 2.05) is 6.92 Å². The highest BCUT2D eigenvalue weighted by atomic mass is 19.1. The van der Waals surface area contributed by atoms with Crippen molar-refractivity contribution in [2.24, 2.45) is 0 Å². The van der Waals surface area contributed by atoms with Gasteiger partial charge in [-0.25, -0.2) is 4.39 Å². The van der Waals surface area contributed by atoms with Crippen LogP contribution in [-0.4, -0.2) is 17.6 Å². The van der Waals surface area contributed by atoms with Gasteiger partial charge < -0.3 is 10.4 Å². The topological polar surface area (TPSA) is 49.3 Å². The molecule has 0 radical (unpaired) electrons. The number of aryl methyl sites for hydroxylation is 1. The zero-order chi connectivity index (χ0) is 15.2. The van der Waals surface area contributed by atoms with Gasteiger partial charge in [-0.05, 0) is 48.9 Å². The number of hydrogen-bond acceptors (Lipinski definition) is 2. The molecule has 0 saturated heterocycles. The molecule has 2 rings (SSSR count). The molecule has 106 valence electrons. The molecule has 0 atom stereocenters. The fraction of sp³-hybridized carbons (Fsp3) is 0.118. The van der Waals surface area contributed by atoms with E-state index in [1.54, 1.807) is 18.2 Å². The van der Waals surface area contributed by atoms with Gasteiger partial charge in [-0.2, -0.15) is 0 Å². The van der Waals surface area contributed by atoms with Crippen LogP contribution < -0.4 is 5.32 Å². The molecular formula is C17H14FNO2. The van der Waals surface area contributed by atoms with Crippen molar-refractivity contribution in [3.63, 3.8) is 0 Å². The van der Waals surface area contributed by atoms with E-state index in [-0.39, 0.29) is 18.3 Å². The molecule has 2 aromatic rings. The molecule has 2 N–H and O–H groups in total. The summed E-state index contributed by atoms with van der Waals surface area (Å²) in [6.07, 6.45) is 0. The number of aliphatic hydroxyl groups excluding tert-OH is 1. The molecule has 1 amide bonds. The van der Waals surface area contributed by atoms with Crippen LogP contribution in [0.25, 0.3) is 0 Å². The first-order chi connectivity index (χ1) is 10.1. The van der Waals surface area contributed by atoms with Crippen LogP contribution in [0, 0.1) is 24.6 Å². The van der Waals surface area contributed by atoms with Gasteiger partial charge in [0.2, 0.25) is 0 Å². The largest absolute Gasteiger partial charge is 0.384 e. The predicted molar refractivity (Wildman–Crippen MR) is 79.5 cm³/mol. The maximum Gasteiger partial charge on any atom is 0.255 e. The molecule has 3 nitrogen and oxygen atoms in total. The molecule has 0 bridgehead atoms. The Labute approximate surface area is 122 Å². The molecule has 0 aromatic heterocycles. The number of carbonyl (C=O) groups is 1. The molecule has 0 heterocycles. The molecule has 0 aliphatic heterocycles. The van der Waals surface area contributed by atoms with Gasteiger partial charge in [0.05, 0.1) is 0 Å². The molecular weight excluding hydrogens is 269 g/mol. The lowest BCUT2D eigenvalue weighted by Crippen LogP contribution is -2.12. The summed E-state index contributed by atoms with van der Waals surface area (Å²) in [5.41, 5.74) is 2.59. The van der Waals surface area contributed by atoms with Crippen LogP contribution in [0.4, 0.5) is 10.1 Å². The summed E-state index contributed by atoms with van der Waals surface area (Å²) in [6, 6.07) is 10.7. The van der Waals surface area contributed by atoms with Gasteiger partial charge in [-0.3, -0.25) is 4.79 Å². The lowest BCUT2D eigenvalue weighted by molar-refractivity contribution is 0.102. The van der Waals surface area contributed by atoms with Crippen LogP contribution in [0.15, 0.2) is 42.5 Å². The minimum Gasteiger partial charge on any atom is -0.384 e. The van der Waals surface area contributed by atoms with Crippen LogP contribution in [0.1, 0.15) is 21.5 Å². The van der Waals surface area contributed by atoms with E-state index in [1.165, 1.54) is 24.3 Å². The summed E-state index contributed by atoms with van der Waals surface area (Å²) in [4.78, 5) is 12.1. The van der Waals surface area contributed by atoms with E-state index in [9.17, 15) is 9.18 Å². The molecule has 0 fully saturated rings. The number of halogens is 1. The van der Waals surface area contributed by atoms with Crippen molar-refractivity contribution in [3.05, 3.63) is 65.0 Å². The molecule has 4 heteroatoms. The SMILES string of the molecule is Cc1ccc(C(=O)Nc2ccc(F)cc2)cc1C#CCO. The second-order valence-corrected chi connectivity index (χ2v) is 4.45. The number of nitrogens with one attached hydrogen (secondary N) is 1. The van der Waals surface area contributed by atoms with Crippen molar-refractivity contribution < 1.29 is 14.3 Å². The Bertz CT molecular complexity index is 712. The Morgan fingerprint density at radius 2 is 1.95 bits per heavy atom. The van der Waals surface area contributed by atoms with Crippen LogP contribution in [0.3, 0.4) is 0 Å². The predicted octanol–water partition coefficient (Wildman–Crippen LogP) is 2.73. The average molecular weight is 283 g/mol. The third-order valence-corrected chi connectivity index (χ3v) is 2.90. The fourth-order valence-electron chi connectivity index (χ4n) is 1.77. The van der Waals surface area contributed by atoms with Crippen molar-refractivity contribution in [3.8, 4) is 11.8 Å². The summed E-state index contributed by atoms with van der Waals surface area (Å²) < 4.78 is 12.8. The van der Waals surface area contributed by atoms with E-state index in [0.717, 1.165) is 5.56 Å². The van der Waals surface area contributed by atoms with E-state index in [0.29, 0.717) is 16.8 Å². The Morgan fingerprint density at radius 3 is 2.62 bits per heavy atom. The van der Waals surface area contributed by atoms with E-state index >= 15 is 0 Å². The second-order valence-electron chi connectivity index (χ2n) is 4.45. The third kappa shape index (κ3) is 3.91. The Kier molecular flexibility index (Phi) is 4.70. The third-order valence-electron chi connectivity index (χ3n) is 2.90. The van der Waals surface area contributed by atoms with Crippen molar-refractivity contribution in [2.45, 2.75) is 6.92 Å². The number of carbonyl (C=O) groups excluding carboxylic acids is 1. The molecule has 0 aliphatic rings. The highest BCUT2D eigenvalue weighted by Crippen LogP contribution is 2.14. The summed E-state index contributed by atoms with van der Waals surface area (Å²) >= 11 is 0. The molecule has 0 spiro atoms. The summed E-state index contributed by atoms with van der Waals surface area (Å²) in [6.45, 7) is 1.65. The standard InChI is InChI=1S/C17H14FNO2/c1-12-4-5-14(11-13(12)3-2-10-20)17(21)19-16-8-6-15(18)7-9-16/h4-9,11,20H,10H2,1H3,(H,19,21). The Morgan fingerprint density at radius 1 is 1.24 bits per heavy atom. The smallest absolute Gasteiger partial charge is 0.255 e. The first kappa shape index (κ1) is 14.8. The van der Waals surface area contributed by atoms with Gasteiger partial charge in [0.1, 0.15) is 12.4 Å². The number of rotatable bonds is 2. The van der Waals surface area contributed by atoms with Gasteiger partial charge in [0.25, 0.3) is 5.91 Å². The van der Waals surface area contributed by atoms with Gasteiger partial charge in [-0.15, -0.1) is 0 Å². The molecule has 0 unspecified atom stereocenters. The monoisotopic (exact) mass is 283 g/mol. The zero-order valence-corrected chi connectivity index (χ0v) is 11.5. The molecule has 21 heavy (non-hydrogen) atoms. The van der Waals surface area contributed by atoms with Crippen LogP contribution in [0.5, 0.6) is 0 Å². The van der Waals surface area contributed by atoms with E-state index in [2.05, 4.69) is 17.2 Å². The van der Waals surface area contributed by atoms with Gasteiger partial charge >= 0.3 is 0 Å². The summed E-state index contributed by atoms with van der Waals surface area (Å²) in [7, 11) is 0. The lowest BCUT2D eigenvalue weighted by Gasteiger charge is -2.07. The first-order valence-corrected chi connectivity index (χ1v) is 6.37. The summed E-state index contributed by atoms with van der Waals surface area (Å²) in [5.74, 6) is 4.71. The van der Waals surface area contributed by atoms with Crippen LogP contribution in [-0.2, 0) is 0 Å². The van der Waals surface area contributed by atoms with Crippen molar-refractivity contribution in [1.82, 2.24) is 0 Å². The number of anilines is 1. The van der Waals surface area contributed by atoms with Crippen LogP contribution in [0.2, 0.25) is 0 Å². The quantitative estimate of drug-likeness (QED) is 0.833. The van der Waals surface area contributed by atoms with Crippen molar-refractivity contribution >= 4 is 11.6 Å². The lowest BCUT2D eigenvalue weighted by atomic mass is 10.0. The average Bonchev–Trinajstić information content (AvgIpc) is 2.48. The second kappa shape index (κ2) is 6.69. The molecule has 0 aliphatic carbocycles. The first-order valence-electron chi connectivity index (χ1n) is 6.37. The van der Waals surface area contributed by atoms with E-state index in [4.69, 9.17) is 5.11 Å². The minimum absolute atomic E-state index is 0.231. The zero-order valence-electron chi connectivity index (χ0n) is 11.5. The highest BCUT2D eigenvalue weighted by Gasteiger charge is 2.08. The normalized spacial score (nSPS) is 9.67. The molecule has 0 saturated carbocycles. The minimum atomic E-state index is -0.357. The van der Waals surface area contributed by atoms with Crippen molar-refractivity contribution in [2.75, 3.05) is 11.9 Å². The number of amides is 1. The number of aliphatic hydroxyl groups is 1. The van der Waals surface area contributed by atoms with Gasteiger partial charge in [0, 0.05) is 16.8 Å². The molecule has 2 aromatic carbocycles. The highest BCUT2D eigenvalue weighted by molar-refractivity contribution is 6.04. The number of hydrogen-bond donors (Lipinski definition) is 2. The number of benzene rings is 2. The summed E-state index contributed by atoms with van der Waals surface area (Å²) in [5, 5.41) is 11.4. The van der Waals surface area contributed by atoms with Gasteiger partial charge in [-0.1, -0.05) is 17.9 Å². The Hall–Kier alpha value is -2.64. The fourth-order valence-corrected chi connectivity index (χ4v) is 1.77. The van der Waals surface area contributed by atoms with E-state index < -0.39 is 0 Å². The van der Waals surface area contributed by atoms with Gasteiger partial charge in [0.15, 0.2) is 0 Å². The Balaban J connectivity index is 2.21. The van der Waals surface area contributed by atoms with Crippen LogP contribution >= 0.6 is 0 Å².